The Morgan fingerprint density at radius 3 is 3.00 bits per heavy atom. The number of aromatic nitrogens is 5. The molecule has 0 bridgehead atoms. The molecule has 0 aliphatic heterocycles. The highest BCUT2D eigenvalue weighted by Gasteiger charge is 2.11. The Kier molecular flexibility index (Phi) is 4.02. The van der Waals surface area contributed by atoms with Crippen molar-refractivity contribution in [2.75, 3.05) is 5.32 Å². The first-order chi connectivity index (χ1) is 12.7. The molecular formula is C17H15N7O2. The maximum Gasteiger partial charge on any atom is 0.320 e. The normalized spacial score (nSPS) is 10.8. The molecule has 130 valence electrons. The van der Waals surface area contributed by atoms with E-state index in [1.54, 1.807) is 18.5 Å². The molecule has 2 amide bonds. The first kappa shape index (κ1) is 15.8. The quantitative estimate of drug-likeness (QED) is 0.521. The number of nitrogens with one attached hydrogen (secondary N) is 3. The average Bonchev–Trinajstić information content (AvgIpc) is 3.29. The van der Waals surface area contributed by atoms with Crippen LogP contribution in [0.5, 0.6) is 0 Å². The lowest BCUT2D eigenvalue weighted by atomic mass is 10.1. The predicted molar refractivity (Wildman–Crippen MR) is 94.2 cm³/mol. The van der Waals surface area contributed by atoms with Crippen molar-refractivity contribution in [1.82, 2.24) is 30.6 Å². The number of carbonyl (C=O) groups excluding carboxylic acids is 1. The highest BCUT2D eigenvalue weighted by atomic mass is 16.5. The molecule has 9 heteroatoms. The molecule has 0 aromatic carbocycles. The molecule has 4 aromatic rings. The van der Waals surface area contributed by atoms with E-state index < -0.39 is 0 Å². The summed E-state index contributed by atoms with van der Waals surface area (Å²) in [5, 5.41) is 17.2. The summed E-state index contributed by atoms with van der Waals surface area (Å²) in [5.74, 6) is 0.418. The first-order valence-corrected chi connectivity index (χ1v) is 7.89. The van der Waals surface area contributed by atoms with Crippen LogP contribution < -0.4 is 10.6 Å². The van der Waals surface area contributed by atoms with Gasteiger partial charge in [-0.15, -0.1) is 0 Å². The van der Waals surface area contributed by atoms with Crippen molar-refractivity contribution >= 4 is 22.8 Å². The Hall–Kier alpha value is -3.75. The summed E-state index contributed by atoms with van der Waals surface area (Å²) >= 11 is 0. The molecule has 26 heavy (non-hydrogen) atoms. The van der Waals surface area contributed by atoms with Crippen LogP contribution >= 0.6 is 0 Å². The van der Waals surface area contributed by atoms with E-state index >= 15 is 0 Å². The highest BCUT2D eigenvalue weighted by molar-refractivity contribution is 5.95. The molecule has 0 unspecified atom stereocenters. The molecule has 4 rings (SSSR count). The van der Waals surface area contributed by atoms with Gasteiger partial charge in [0, 0.05) is 47.2 Å². The largest absolute Gasteiger partial charge is 0.364 e. The summed E-state index contributed by atoms with van der Waals surface area (Å²) in [6.45, 7) is 2.24. The zero-order valence-corrected chi connectivity index (χ0v) is 13.9. The van der Waals surface area contributed by atoms with E-state index in [1.807, 2.05) is 19.1 Å². The van der Waals surface area contributed by atoms with Crippen LogP contribution in [0, 0.1) is 6.92 Å². The van der Waals surface area contributed by atoms with E-state index in [1.165, 1.54) is 12.5 Å². The topological polar surface area (TPSA) is 122 Å². The molecular weight excluding hydrogens is 334 g/mol. The summed E-state index contributed by atoms with van der Waals surface area (Å²) < 4.78 is 4.71. The number of fused-ring (bicyclic) bond motifs is 1. The van der Waals surface area contributed by atoms with Gasteiger partial charge in [-0.1, -0.05) is 5.16 Å². The maximum absolute atomic E-state index is 12.0. The Bertz CT molecular complexity index is 1060. The van der Waals surface area contributed by atoms with Gasteiger partial charge in [-0.3, -0.25) is 15.4 Å². The lowest BCUT2D eigenvalue weighted by Crippen LogP contribution is -2.28. The van der Waals surface area contributed by atoms with Crippen molar-refractivity contribution in [1.29, 1.82) is 0 Å². The second-order valence-electron chi connectivity index (χ2n) is 5.71. The standard InChI is InChI=1S/C17H15N7O2/c1-10-4-12(2-3-18-10)16-13-8-19-15(5-14(13)23-24-16)22-17(25)20-6-11-7-21-26-9-11/h2-5,7-9H,6H2,1H3,(H,23,24)(H2,19,20,22,25). The number of amides is 2. The Morgan fingerprint density at radius 2 is 2.19 bits per heavy atom. The van der Waals surface area contributed by atoms with Gasteiger partial charge < -0.3 is 9.84 Å². The summed E-state index contributed by atoms with van der Waals surface area (Å²) in [4.78, 5) is 20.5. The van der Waals surface area contributed by atoms with Crippen LogP contribution in [0.25, 0.3) is 22.2 Å². The second kappa shape index (κ2) is 6.63. The minimum Gasteiger partial charge on any atom is -0.364 e. The van der Waals surface area contributed by atoms with Gasteiger partial charge in [-0.05, 0) is 19.1 Å². The number of urea groups is 1. The van der Waals surface area contributed by atoms with Gasteiger partial charge in [0.05, 0.1) is 11.7 Å². The minimum atomic E-state index is -0.373. The van der Waals surface area contributed by atoms with E-state index in [-0.39, 0.29) is 6.03 Å². The lowest BCUT2D eigenvalue weighted by Gasteiger charge is -2.06. The number of nitrogens with zero attached hydrogens (tertiary/aromatic N) is 4. The number of anilines is 1. The second-order valence-corrected chi connectivity index (χ2v) is 5.71. The molecule has 0 atom stereocenters. The fraction of sp³-hybridized carbons (Fsp3) is 0.118. The average molecular weight is 349 g/mol. The Labute approximate surface area is 147 Å². The van der Waals surface area contributed by atoms with Crippen LogP contribution in [0.2, 0.25) is 0 Å². The molecule has 0 fully saturated rings. The van der Waals surface area contributed by atoms with E-state index in [9.17, 15) is 4.79 Å². The number of pyridine rings is 2. The number of hydrogen-bond donors (Lipinski definition) is 3. The molecule has 4 aromatic heterocycles. The Morgan fingerprint density at radius 1 is 1.27 bits per heavy atom. The molecule has 0 aliphatic carbocycles. The first-order valence-electron chi connectivity index (χ1n) is 7.89. The summed E-state index contributed by atoms with van der Waals surface area (Å²) in [5.41, 5.74) is 4.21. The van der Waals surface area contributed by atoms with Crippen LogP contribution in [0.3, 0.4) is 0 Å². The highest BCUT2D eigenvalue weighted by Crippen LogP contribution is 2.26. The molecule has 0 radical (unpaired) electrons. The summed E-state index contributed by atoms with van der Waals surface area (Å²) in [6, 6.07) is 5.22. The molecule has 0 aliphatic rings. The monoisotopic (exact) mass is 349 g/mol. The van der Waals surface area contributed by atoms with Crippen molar-refractivity contribution in [2.24, 2.45) is 0 Å². The fourth-order valence-corrected chi connectivity index (χ4v) is 2.55. The van der Waals surface area contributed by atoms with Crippen molar-refractivity contribution < 1.29 is 9.32 Å². The molecule has 0 spiro atoms. The third-order valence-electron chi connectivity index (χ3n) is 3.80. The molecule has 3 N–H and O–H groups in total. The number of carbonyl (C=O) groups is 1. The third kappa shape index (κ3) is 3.22. The number of rotatable bonds is 4. The SMILES string of the molecule is Cc1cc(-c2n[nH]c3cc(NC(=O)NCc4cnoc4)ncc23)ccn1. The van der Waals surface area contributed by atoms with Gasteiger partial charge in [-0.2, -0.15) is 5.10 Å². The molecule has 9 nitrogen and oxygen atoms in total. The smallest absolute Gasteiger partial charge is 0.320 e. The van der Waals surface area contributed by atoms with Gasteiger partial charge in [0.15, 0.2) is 0 Å². The zero-order chi connectivity index (χ0) is 17.9. The van der Waals surface area contributed by atoms with Crippen LogP contribution in [0.1, 0.15) is 11.3 Å². The van der Waals surface area contributed by atoms with Gasteiger partial charge in [-0.25, -0.2) is 9.78 Å². The number of hydrogen-bond acceptors (Lipinski definition) is 6. The van der Waals surface area contributed by atoms with Crippen molar-refractivity contribution in [2.45, 2.75) is 13.5 Å². The lowest BCUT2D eigenvalue weighted by molar-refractivity contribution is 0.251. The van der Waals surface area contributed by atoms with Gasteiger partial charge in [0.25, 0.3) is 0 Å². The number of aryl methyl sites for hydroxylation is 1. The summed E-state index contributed by atoms with van der Waals surface area (Å²) in [6.07, 6.45) is 6.43. The molecule has 4 heterocycles. The maximum atomic E-state index is 12.0. The van der Waals surface area contributed by atoms with Crippen LogP contribution in [0.4, 0.5) is 10.6 Å². The van der Waals surface area contributed by atoms with Crippen molar-refractivity contribution in [3.05, 3.63) is 54.3 Å². The van der Waals surface area contributed by atoms with Crippen LogP contribution in [0.15, 0.2) is 47.6 Å². The Balaban J connectivity index is 1.50. The van der Waals surface area contributed by atoms with E-state index in [2.05, 4.69) is 36.0 Å². The third-order valence-corrected chi connectivity index (χ3v) is 3.80. The van der Waals surface area contributed by atoms with E-state index in [4.69, 9.17) is 4.52 Å². The minimum absolute atomic E-state index is 0.313. The number of aromatic amines is 1. The van der Waals surface area contributed by atoms with Gasteiger partial charge >= 0.3 is 6.03 Å². The van der Waals surface area contributed by atoms with Crippen molar-refractivity contribution in [3.63, 3.8) is 0 Å². The zero-order valence-electron chi connectivity index (χ0n) is 13.9. The van der Waals surface area contributed by atoms with Crippen molar-refractivity contribution in [3.8, 4) is 11.3 Å². The van der Waals surface area contributed by atoms with Gasteiger partial charge in [0.1, 0.15) is 17.8 Å². The van der Waals surface area contributed by atoms with E-state index in [0.717, 1.165) is 33.4 Å². The summed E-state index contributed by atoms with van der Waals surface area (Å²) in [7, 11) is 0. The van der Waals surface area contributed by atoms with Gasteiger partial charge in [0.2, 0.25) is 0 Å². The fourth-order valence-electron chi connectivity index (χ4n) is 2.55. The van der Waals surface area contributed by atoms with Crippen LogP contribution in [-0.4, -0.2) is 31.4 Å². The number of H-pyrrole nitrogens is 1. The molecule has 0 saturated heterocycles. The molecule has 0 saturated carbocycles. The predicted octanol–water partition coefficient (Wildman–Crippen LogP) is 2.64. The van der Waals surface area contributed by atoms with E-state index in [0.29, 0.717) is 12.4 Å². The van der Waals surface area contributed by atoms with Crippen LogP contribution in [-0.2, 0) is 6.54 Å².